The van der Waals surface area contributed by atoms with Gasteiger partial charge in [-0.25, -0.2) is 0 Å². The van der Waals surface area contributed by atoms with Crippen molar-refractivity contribution >= 4 is 0 Å². The van der Waals surface area contributed by atoms with Gasteiger partial charge in [0, 0.05) is 17.6 Å². The number of phenols is 1. The lowest BCUT2D eigenvalue weighted by molar-refractivity contribution is 0.125. The van der Waals surface area contributed by atoms with Gasteiger partial charge in [0.05, 0.1) is 0 Å². The van der Waals surface area contributed by atoms with Gasteiger partial charge >= 0.3 is 0 Å². The monoisotopic (exact) mass is 275 g/mol. The van der Waals surface area contributed by atoms with Crippen molar-refractivity contribution in [2.45, 2.75) is 65.0 Å². The largest absolute Gasteiger partial charge is 0.508 e. The number of phenolic OH excluding ortho intramolecular Hbond substituents is 1. The maximum absolute atomic E-state index is 10.1. The molecule has 1 aromatic carbocycles. The molecule has 1 atom stereocenters. The van der Waals surface area contributed by atoms with Gasteiger partial charge < -0.3 is 5.11 Å². The van der Waals surface area contributed by atoms with E-state index in [1.54, 1.807) is 0 Å². The van der Waals surface area contributed by atoms with Crippen LogP contribution in [0.2, 0.25) is 0 Å². The third-order valence-corrected chi connectivity index (χ3v) is 5.21. The third-order valence-electron chi connectivity index (χ3n) is 5.21. The van der Waals surface area contributed by atoms with Gasteiger partial charge in [0.2, 0.25) is 0 Å². The van der Waals surface area contributed by atoms with Gasteiger partial charge in [-0.05, 0) is 58.6 Å². The molecule has 0 heterocycles. The minimum atomic E-state index is 0.276. The standard InChI is InChI=1S/C18H29NO/c1-5-15-7-9-16(10-8-15)19(4)14(3)17-12-13(2)6-11-18(17)20/h6,11-12,14-16,20H,5,7-10H2,1-4H3. The lowest BCUT2D eigenvalue weighted by Crippen LogP contribution is -2.36. The summed E-state index contributed by atoms with van der Waals surface area (Å²) < 4.78 is 0. The van der Waals surface area contributed by atoms with Crippen LogP contribution >= 0.6 is 0 Å². The number of aromatic hydroxyl groups is 1. The van der Waals surface area contributed by atoms with Crippen molar-refractivity contribution in [2.24, 2.45) is 5.92 Å². The molecule has 1 N–H and O–H groups in total. The van der Waals surface area contributed by atoms with Gasteiger partial charge in [-0.1, -0.05) is 31.0 Å². The predicted molar refractivity (Wildman–Crippen MR) is 85.1 cm³/mol. The number of aryl methyl sites for hydroxylation is 1. The highest BCUT2D eigenvalue weighted by Crippen LogP contribution is 2.35. The Labute approximate surface area is 123 Å². The lowest BCUT2D eigenvalue weighted by Gasteiger charge is -2.38. The van der Waals surface area contributed by atoms with Gasteiger partial charge in [-0.2, -0.15) is 0 Å². The molecule has 2 heteroatoms. The number of hydrogen-bond donors (Lipinski definition) is 1. The molecule has 0 aliphatic heterocycles. The molecule has 2 nitrogen and oxygen atoms in total. The van der Waals surface area contributed by atoms with Crippen LogP contribution in [0, 0.1) is 12.8 Å². The van der Waals surface area contributed by atoms with Crippen LogP contribution in [0.15, 0.2) is 18.2 Å². The zero-order chi connectivity index (χ0) is 14.7. The SMILES string of the molecule is CCC1CCC(N(C)C(C)c2cc(C)ccc2O)CC1. The summed E-state index contributed by atoms with van der Waals surface area (Å²) in [7, 11) is 2.21. The van der Waals surface area contributed by atoms with Crippen LogP contribution in [0.4, 0.5) is 0 Å². The van der Waals surface area contributed by atoms with E-state index in [9.17, 15) is 5.11 Å². The molecule has 0 amide bonds. The second kappa shape index (κ2) is 6.62. The Morgan fingerprint density at radius 1 is 1.25 bits per heavy atom. The molecule has 1 fully saturated rings. The van der Waals surface area contributed by atoms with Crippen molar-refractivity contribution in [2.75, 3.05) is 7.05 Å². The smallest absolute Gasteiger partial charge is 0.120 e. The molecule has 0 aromatic heterocycles. The van der Waals surface area contributed by atoms with E-state index in [0.717, 1.165) is 11.5 Å². The quantitative estimate of drug-likeness (QED) is 0.863. The van der Waals surface area contributed by atoms with Crippen molar-refractivity contribution in [3.05, 3.63) is 29.3 Å². The highest BCUT2D eigenvalue weighted by atomic mass is 16.3. The summed E-state index contributed by atoms with van der Waals surface area (Å²) >= 11 is 0. The number of benzene rings is 1. The molecular formula is C18H29NO. The molecular weight excluding hydrogens is 246 g/mol. The predicted octanol–water partition coefficient (Wildman–Crippen LogP) is 4.66. The molecule has 0 saturated heterocycles. The Morgan fingerprint density at radius 2 is 1.90 bits per heavy atom. The lowest BCUT2D eigenvalue weighted by atomic mass is 9.83. The van der Waals surface area contributed by atoms with Crippen molar-refractivity contribution in [1.29, 1.82) is 0 Å². The summed E-state index contributed by atoms with van der Waals surface area (Å²) in [5, 5.41) is 10.1. The van der Waals surface area contributed by atoms with Crippen molar-refractivity contribution < 1.29 is 5.11 Å². The fraction of sp³-hybridized carbons (Fsp3) is 0.667. The fourth-order valence-electron chi connectivity index (χ4n) is 3.50. The van der Waals surface area contributed by atoms with Crippen molar-refractivity contribution in [3.8, 4) is 5.75 Å². The molecule has 0 spiro atoms. The molecule has 1 unspecified atom stereocenters. The van der Waals surface area contributed by atoms with Crippen LogP contribution in [0.1, 0.15) is 63.1 Å². The Kier molecular flexibility index (Phi) is 5.09. The molecule has 1 aromatic rings. The van der Waals surface area contributed by atoms with E-state index in [0.29, 0.717) is 11.8 Å². The molecule has 1 aliphatic rings. The van der Waals surface area contributed by atoms with Crippen LogP contribution < -0.4 is 0 Å². The van der Waals surface area contributed by atoms with E-state index in [1.165, 1.54) is 37.7 Å². The second-order valence-electron chi connectivity index (χ2n) is 6.49. The van der Waals surface area contributed by atoms with E-state index in [1.807, 2.05) is 12.1 Å². The molecule has 20 heavy (non-hydrogen) atoms. The number of hydrogen-bond acceptors (Lipinski definition) is 2. The van der Waals surface area contributed by atoms with Crippen LogP contribution in [0.25, 0.3) is 0 Å². The second-order valence-corrected chi connectivity index (χ2v) is 6.49. The Balaban J connectivity index is 2.05. The first-order valence-electron chi connectivity index (χ1n) is 8.04. The minimum Gasteiger partial charge on any atom is -0.508 e. The fourth-order valence-corrected chi connectivity index (χ4v) is 3.50. The zero-order valence-corrected chi connectivity index (χ0v) is 13.4. The normalized spacial score (nSPS) is 24.9. The number of nitrogens with zero attached hydrogens (tertiary/aromatic N) is 1. The van der Waals surface area contributed by atoms with E-state index >= 15 is 0 Å². The number of rotatable bonds is 4. The molecule has 0 radical (unpaired) electrons. The van der Waals surface area contributed by atoms with Crippen molar-refractivity contribution in [1.82, 2.24) is 4.90 Å². The van der Waals surface area contributed by atoms with Crippen LogP contribution in [-0.2, 0) is 0 Å². The topological polar surface area (TPSA) is 23.5 Å². The van der Waals surface area contributed by atoms with Crippen LogP contribution in [0.3, 0.4) is 0 Å². The Bertz CT molecular complexity index is 435. The summed E-state index contributed by atoms with van der Waals surface area (Å²) in [5.41, 5.74) is 2.28. The summed E-state index contributed by atoms with van der Waals surface area (Å²) in [6.07, 6.45) is 6.64. The van der Waals surface area contributed by atoms with Crippen LogP contribution in [0.5, 0.6) is 5.75 Å². The molecule has 1 saturated carbocycles. The van der Waals surface area contributed by atoms with E-state index in [-0.39, 0.29) is 6.04 Å². The average Bonchev–Trinajstić information content (AvgIpc) is 2.48. The van der Waals surface area contributed by atoms with E-state index in [2.05, 4.69) is 38.8 Å². The Hall–Kier alpha value is -1.02. The average molecular weight is 275 g/mol. The minimum absolute atomic E-state index is 0.276. The first kappa shape index (κ1) is 15.4. The first-order valence-corrected chi connectivity index (χ1v) is 8.04. The maximum Gasteiger partial charge on any atom is 0.120 e. The van der Waals surface area contributed by atoms with Crippen molar-refractivity contribution in [3.63, 3.8) is 0 Å². The van der Waals surface area contributed by atoms with Gasteiger partial charge in [0.25, 0.3) is 0 Å². The summed E-state index contributed by atoms with van der Waals surface area (Å²) in [6, 6.07) is 6.85. The highest BCUT2D eigenvalue weighted by molar-refractivity contribution is 5.37. The molecule has 1 aliphatic carbocycles. The molecule has 0 bridgehead atoms. The van der Waals surface area contributed by atoms with Gasteiger partial charge in [-0.15, -0.1) is 0 Å². The van der Waals surface area contributed by atoms with Gasteiger partial charge in [-0.3, -0.25) is 4.90 Å². The summed E-state index contributed by atoms with van der Waals surface area (Å²) in [6.45, 7) is 6.60. The van der Waals surface area contributed by atoms with Gasteiger partial charge in [0.15, 0.2) is 0 Å². The molecule has 112 valence electrons. The highest BCUT2D eigenvalue weighted by Gasteiger charge is 2.27. The first-order chi connectivity index (χ1) is 9.52. The zero-order valence-electron chi connectivity index (χ0n) is 13.4. The van der Waals surface area contributed by atoms with Crippen LogP contribution in [-0.4, -0.2) is 23.1 Å². The third kappa shape index (κ3) is 3.35. The van der Waals surface area contributed by atoms with E-state index < -0.39 is 0 Å². The molecule has 2 rings (SSSR count). The van der Waals surface area contributed by atoms with Gasteiger partial charge in [0.1, 0.15) is 5.75 Å². The Morgan fingerprint density at radius 3 is 2.50 bits per heavy atom. The van der Waals surface area contributed by atoms with E-state index in [4.69, 9.17) is 0 Å². The summed E-state index contributed by atoms with van der Waals surface area (Å²) in [5.74, 6) is 1.36. The maximum atomic E-state index is 10.1. The summed E-state index contributed by atoms with van der Waals surface area (Å²) in [4.78, 5) is 2.46.